The van der Waals surface area contributed by atoms with Crippen LogP contribution in [0.15, 0.2) is 36.9 Å². The third-order valence-electron chi connectivity index (χ3n) is 3.35. The van der Waals surface area contributed by atoms with Crippen LogP contribution in [0, 0.1) is 0 Å². The van der Waals surface area contributed by atoms with Crippen LogP contribution in [0.25, 0.3) is 0 Å². The second-order valence-electron chi connectivity index (χ2n) is 5.04. The zero-order valence-electron chi connectivity index (χ0n) is 11.8. The smallest absolute Gasteiger partial charge is 0.119 e. The lowest BCUT2D eigenvalue weighted by atomic mass is 10.2. The normalized spacial score (nSPS) is 14.6. The summed E-state index contributed by atoms with van der Waals surface area (Å²) in [5, 5.41) is 3.15. The Morgan fingerprint density at radius 2 is 2.32 bits per heavy atom. The summed E-state index contributed by atoms with van der Waals surface area (Å²) in [6.07, 6.45) is 4.63. The van der Waals surface area contributed by atoms with E-state index >= 15 is 0 Å². The van der Waals surface area contributed by atoms with Crippen molar-refractivity contribution < 1.29 is 4.74 Å². The molecule has 0 aromatic heterocycles. The number of hydrogen-bond acceptors (Lipinski definition) is 3. The zero-order valence-corrected chi connectivity index (χ0v) is 11.8. The number of rotatable bonds is 9. The van der Waals surface area contributed by atoms with Crippen molar-refractivity contribution >= 4 is 0 Å². The van der Waals surface area contributed by atoms with Gasteiger partial charge in [-0.25, -0.2) is 0 Å². The second kappa shape index (κ2) is 7.31. The van der Waals surface area contributed by atoms with Crippen molar-refractivity contribution in [1.29, 1.82) is 0 Å². The molecule has 1 aliphatic rings. The molecule has 0 aliphatic heterocycles. The van der Waals surface area contributed by atoms with Crippen molar-refractivity contribution in [2.24, 2.45) is 0 Å². The summed E-state index contributed by atoms with van der Waals surface area (Å²) in [4.78, 5) is 2.45. The molecule has 0 bridgehead atoms. The third kappa shape index (κ3) is 4.69. The zero-order chi connectivity index (χ0) is 13.5. The van der Waals surface area contributed by atoms with E-state index in [0.717, 1.165) is 38.0 Å². The highest BCUT2D eigenvalue weighted by Crippen LogP contribution is 2.26. The van der Waals surface area contributed by atoms with Crippen LogP contribution in [0.3, 0.4) is 0 Å². The molecule has 0 spiro atoms. The van der Waals surface area contributed by atoms with E-state index in [9.17, 15) is 0 Å². The fraction of sp³-hybridized carbons (Fsp3) is 0.500. The van der Waals surface area contributed by atoms with E-state index in [1.165, 1.54) is 18.4 Å². The van der Waals surface area contributed by atoms with Crippen molar-refractivity contribution in [2.75, 3.05) is 26.7 Å². The van der Waals surface area contributed by atoms with Gasteiger partial charge >= 0.3 is 0 Å². The average molecular weight is 260 g/mol. The first-order valence-electron chi connectivity index (χ1n) is 7.04. The molecule has 0 atom stereocenters. The summed E-state index contributed by atoms with van der Waals surface area (Å²) >= 11 is 0. The molecule has 1 fully saturated rings. The molecule has 2 rings (SSSR count). The quantitative estimate of drug-likeness (QED) is 0.690. The van der Waals surface area contributed by atoms with Gasteiger partial charge in [0, 0.05) is 25.7 Å². The lowest BCUT2D eigenvalue weighted by Crippen LogP contribution is -2.30. The molecular formula is C16H24N2O. The molecule has 104 valence electrons. The van der Waals surface area contributed by atoms with Crippen LogP contribution in [-0.4, -0.2) is 37.7 Å². The van der Waals surface area contributed by atoms with Gasteiger partial charge in [-0.1, -0.05) is 18.2 Å². The fourth-order valence-electron chi connectivity index (χ4n) is 2.26. The van der Waals surface area contributed by atoms with Crippen molar-refractivity contribution in [3.05, 3.63) is 42.5 Å². The maximum atomic E-state index is 5.84. The molecular weight excluding hydrogens is 236 g/mol. The lowest BCUT2D eigenvalue weighted by Gasteiger charge is -2.20. The highest BCUT2D eigenvalue weighted by molar-refractivity contribution is 5.28. The number of hydrogen-bond donors (Lipinski definition) is 1. The Labute approximate surface area is 116 Å². The van der Waals surface area contributed by atoms with Gasteiger partial charge in [0.25, 0.3) is 0 Å². The van der Waals surface area contributed by atoms with Crippen molar-refractivity contribution in [3.63, 3.8) is 0 Å². The van der Waals surface area contributed by atoms with Gasteiger partial charge in [0.05, 0.1) is 0 Å². The number of nitrogens with one attached hydrogen (secondary N) is 1. The van der Waals surface area contributed by atoms with Gasteiger partial charge in [-0.2, -0.15) is 0 Å². The third-order valence-corrected chi connectivity index (χ3v) is 3.35. The highest BCUT2D eigenvalue weighted by atomic mass is 16.5. The highest BCUT2D eigenvalue weighted by Gasteiger charge is 2.27. The molecule has 0 unspecified atom stereocenters. The van der Waals surface area contributed by atoms with Crippen molar-refractivity contribution in [2.45, 2.75) is 25.4 Å². The molecule has 1 aliphatic carbocycles. The van der Waals surface area contributed by atoms with Gasteiger partial charge in [-0.05, 0) is 37.6 Å². The summed E-state index contributed by atoms with van der Waals surface area (Å²) in [6, 6.07) is 9.04. The van der Waals surface area contributed by atoms with Crippen LogP contribution in [0.5, 0.6) is 5.75 Å². The van der Waals surface area contributed by atoms with Gasteiger partial charge in [0.15, 0.2) is 0 Å². The summed E-state index contributed by atoms with van der Waals surface area (Å²) in [6.45, 7) is 7.38. The molecule has 1 N–H and O–H groups in total. The molecule has 1 saturated carbocycles. The summed E-state index contributed by atoms with van der Waals surface area (Å²) < 4.78 is 5.84. The average Bonchev–Trinajstić information content (AvgIpc) is 3.23. The van der Waals surface area contributed by atoms with E-state index in [-0.39, 0.29) is 0 Å². The van der Waals surface area contributed by atoms with E-state index < -0.39 is 0 Å². The number of nitrogens with zero attached hydrogens (tertiary/aromatic N) is 1. The molecule has 0 radical (unpaired) electrons. The largest absolute Gasteiger partial charge is 0.492 e. The maximum absolute atomic E-state index is 5.84. The van der Waals surface area contributed by atoms with Gasteiger partial charge in [-0.3, -0.25) is 4.90 Å². The SMILES string of the molecule is C=CCN(CCOc1cccc(CNC)c1)C1CC1. The predicted octanol–water partition coefficient (Wildman–Crippen LogP) is 2.44. The molecule has 3 nitrogen and oxygen atoms in total. The van der Waals surface area contributed by atoms with E-state index in [4.69, 9.17) is 4.74 Å². The van der Waals surface area contributed by atoms with Gasteiger partial charge in [-0.15, -0.1) is 6.58 Å². The molecule has 0 amide bonds. The van der Waals surface area contributed by atoms with E-state index in [0.29, 0.717) is 0 Å². The summed E-state index contributed by atoms with van der Waals surface area (Å²) in [5.74, 6) is 0.960. The lowest BCUT2D eigenvalue weighted by molar-refractivity contribution is 0.216. The molecule has 0 saturated heterocycles. The Bertz CT molecular complexity index is 401. The fourth-order valence-corrected chi connectivity index (χ4v) is 2.26. The molecule has 1 aromatic carbocycles. The van der Waals surface area contributed by atoms with E-state index in [1.54, 1.807) is 0 Å². The maximum Gasteiger partial charge on any atom is 0.119 e. The minimum atomic E-state index is 0.743. The van der Waals surface area contributed by atoms with Crippen LogP contribution in [-0.2, 0) is 6.54 Å². The Kier molecular flexibility index (Phi) is 5.43. The van der Waals surface area contributed by atoms with Crippen molar-refractivity contribution in [1.82, 2.24) is 10.2 Å². The first-order chi connectivity index (χ1) is 9.33. The first-order valence-corrected chi connectivity index (χ1v) is 7.04. The van der Waals surface area contributed by atoms with Gasteiger partial charge in [0.2, 0.25) is 0 Å². The van der Waals surface area contributed by atoms with Crippen LogP contribution in [0.1, 0.15) is 18.4 Å². The van der Waals surface area contributed by atoms with Crippen LogP contribution >= 0.6 is 0 Å². The Morgan fingerprint density at radius 3 is 3.00 bits per heavy atom. The Hall–Kier alpha value is -1.32. The van der Waals surface area contributed by atoms with Crippen LogP contribution < -0.4 is 10.1 Å². The summed E-state index contributed by atoms with van der Waals surface area (Å²) in [7, 11) is 1.95. The van der Waals surface area contributed by atoms with E-state index in [1.807, 2.05) is 25.3 Å². The molecule has 3 heteroatoms. The molecule has 19 heavy (non-hydrogen) atoms. The monoisotopic (exact) mass is 260 g/mol. The van der Waals surface area contributed by atoms with E-state index in [2.05, 4.69) is 28.9 Å². The minimum Gasteiger partial charge on any atom is -0.492 e. The molecule has 1 aromatic rings. The minimum absolute atomic E-state index is 0.743. The topological polar surface area (TPSA) is 24.5 Å². The van der Waals surface area contributed by atoms with Gasteiger partial charge in [0.1, 0.15) is 12.4 Å². The van der Waals surface area contributed by atoms with Gasteiger partial charge < -0.3 is 10.1 Å². The summed E-state index contributed by atoms with van der Waals surface area (Å²) in [5.41, 5.74) is 1.25. The number of ether oxygens (including phenoxy) is 1. The second-order valence-corrected chi connectivity index (χ2v) is 5.04. The Balaban J connectivity index is 1.77. The van der Waals surface area contributed by atoms with Crippen LogP contribution in [0.2, 0.25) is 0 Å². The first kappa shape index (κ1) is 14.1. The van der Waals surface area contributed by atoms with Crippen LogP contribution in [0.4, 0.5) is 0 Å². The molecule has 0 heterocycles. The number of benzene rings is 1. The van der Waals surface area contributed by atoms with Crippen molar-refractivity contribution in [3.8, 4) is 5.75 Å². The standard InChI is InChI=1S/C16H24N2O/c1-3-9-18(15-7-8-15)10-11-19-16-6-4-5-14(12-16)13-17-2/h3-6,12,15,17H,1,7-11,13H2,2H3. The predicted molar refractivity (Wildman–Crippen MR) is 79.5 cm³/mol. The Morgan fingerprint density at radius 1 is 1.47 bits per heavy atom.